The lowest BCUT2D eigenvalue weighted by molar-refractivity contribution is 0.00578. The fraction of sp³-hybridized carbons (Fsp3) is 0.389. The Kier molecular flexibility index (Phi) is 4.77. The average molecular weight is 357 g/mol. The van der Waals surface area contributed by atoms with Crippen LogP contribution in [0, 0.1) is 4.77 Å². The van der Waals surface area contributed by atoms with Gasteiger partial charge in [0.1, 0.15) is 0 Å². The molecule has 0 atom stereocenters. The van der Waals surface area contributed by atoms with E-state index in [9.17, 15) is 0 Å². The number of nitrogens with zero attached hydrogens (tertiary/aromatic N) is 1. The second-order valence-electron chi connectivity index (χ2n) is 7.24. The summed E-state index contributed by atoms with van der Waals surface area (Å²) in [5.41, 5.74) is 8.18. The maximum absolute atomic E-state index is 6.10. The third kappa shape index (κ3) is 3.50. The number of nitrogens with two attached hydrogens (primary N) is 1. The van der Waals surface area contributed by atoms with Gasteiger partial charge in [-0.3, -0.25) is 4.57 Å². The molecule has 3 N–H and O–H groups in total. The quantitative estimate of drug-likeness (QED) is 0.649. The minimum Gasteiger partial charge on any atom is -0.400 e. The third-order valence-corrected chi connectivity index (χ3v) is 5.28. The van der Waals surface area contributed by atoms with Crippen molar-refractivity contribution < 1.29 is 9.31 Å². The lowest BCUT2D eigenvalue weighted by Gasteiger charge is -2.32. The van der Waals surface area contributed by atoms with E-state index in [-0.39, 0.29) is 11.2 Å². The maximum atomic E-state index is 6.10. The van der Waals surface area contributed by atoms with Crippen LogP contribution < -0.4 is 5.73 Å². The number of nitrogens with one attached hydrogen (secondary N) is 1. The van der Waals surface area contributed by atoms with Gasteiger partial charge in [-0.1, -0.05) is 18.2 Å². The number of aromatic amines is 1. The summed E-state index contributed by atoms with van der Waals surface area (Å²) in [5, 5.41) is 0. The monoisotopic (exact) mass is 357 g/mol. The van der Waals surface area contributed by atoms with Crippen LogP contribution in [0.3, 0.4) is 0 Å². The first-order valence-electron chi connectivity index (χ1n) is 8.36. The summed E-state index contributed by atoms with van der Waals surface area (Å²) >= 11 is 5.25. The first-order valence-corrected chi connectivity index (χ1v) is 8.77. The van der Waals surface area contributed by atoms with Crippen LogP contribution in [0.15, 0.2) is 42.1 Å². The van der Waals surface area contributed by atoms with Crippen LogP contribution >= 0.6 is 12.2 Å². The highest BCUT2D eigenvalue weighted by Gasteiger charge is 2.52. The molecule has 25 heavy (non-hydrogen) atoms. The molecule has 7 heteroatoms. The van der Waals surface area contributed by atoms with E-state index in [1.807, 2.05) is 75.0 Å². The Labute approximate surface area is 154 Å². The van der Waals surface area contributed by atoms with Gasteiger partial charge in [-0.2, -0.15) is 0 Å². The Hall–Kier alpha value is -1.67. The number of benzene rings is 1. The summed E-state index contributed by atoms with van der Waals surface area (Å²) in [6, 6.07) is 8.11. The van der Waals surface area contributed by atoms with Crippen molar-refractivity contribution in [1.82, 2.24) is 9.55 Å². The smallest absolute Gasteiger partial charge is 0.400 e. The molecule has 0 bridgehead atoms. The number of hydrogen-bond acceptors (Lipinski definition) is 4. The average Bonchev–Trinajstić information content (AvgIpc) is 3.06. The van der Waals surface area contributed by atoms with E-state index in [2.05, 4.69) is 4.98 Å². The predicted molar refractivity (Wildman–Crippen MR) is 104 cm³/mol. The number of H-pyrrole nitrogens is 1. The minimum absolute atomic E-state index is 0.374. The minimum atomic E-state index is -0.423. The van der Waals surface area contributed by atoms with Crippen LogP contribution in [-0.4, -0.2) is 34.4 Å². The van der Waals surface area contributed by atoms with Gasteiger partial charge in [-0.15, -0.1) is 0 Å². The van der Waals surface area contributed by atoms with Gasteiger partial charge in [0.25, 0.3) is 0 Å². The van der Waals surface area contributed by atoms with Crippen molar-refractivity contribution in [2.24, 2.45) is 5.73 Å². The second kappa shape index (κ2) is 6.57. The number of rotatable bonds is 4. The molecule has 3 rings (SSSR count). The van der Waals surface area contributed by atoms with E-state index in [1.165, 1.54) is 0 Å². The maximum Gasteiger partial charge on any atom is 0.491 e. The molecule has 1 saturated heterocycles. The fourth-order valence-electron chi connectivity index (χ4n) is 2.69. The molecule has 0 aliphatic carbocycles. The van der Waals surface area contributed by atoms with Crippen molar-refractivity contribution in [2.75, 3.05) is 6.54 Å². The molecule has 1 aliphatic rings. The summed E-state index contributed by atoms with van der Waals surface area (Å²) < 4.78 is 14.8. The summed E-state index contributed by atoms with van der Waals surface area (Å²) in [5.74, 6) is 0. The molecule has 1 aromatic carbocycles. The highest BCUT2D eigenvalue weighted by Crippen LogP contribution is 2.38. The van der Waals surface area contributed by atoms with Crippen molar-refractivity contribution in [2.45, 2.75) is 38.9 Å². The molecule has 1 aromatic heterocycles. The van der Waals surface area contributed by atoms with Crippen LogP contribution in [0.5, 0.6) is 0 Å². The molecule has 0 spiro atoms. The molecule has 2 aromatic rings. The zero-order chi connectivity index (χ0) is 18.2. The molecule has 0 saturated carbocycles. The topological polar surface area (TPSA) is 65.2 Å². The molecule has 1 aliphatic heterocycles. The summed E-state index contributed by atoms with van der Waals surface area (Å²) in [7, 11) is -0.423. The van der Waals surface area contributed by atoms with Crippen molar-refractivity contribution >= 4 is 25.4 Å². The van der Waals surface area contributed by atoms with Crippen molar-refractivity contribution in [3.63, 3.8) is 0 Å². The number of hydrogen-bond donors (Lipinski definition) is 2. The van der Waals surface area contributed by atoms with E-state index in [4.69, 9.17) is 27.3 Å². The Balaban J connectivity index is 1.84. The van der Waals surface area contributed by atoms with Crippen LogP contribution in [0.2, 0.25) is 0 Å². The Morgan fingerprint density at radius 1 is 1.20 bits per heavy atom. The van der Waals surface area contributed by atoms with Crippen molar-refractivity contribution in [1.29, 1.82) is 0 Å². The molecule has 132 valence electrons. The molecule has 0 unspecified atom stereocenters. The van der Waals surface area contributed by atoms with Crippen LogP contribution in [0.25, 0.3) is 11.8 Å². The van der Waals surface area contributed by atoms with Gasteiger partial charge in [-0.25, -0.2) is 0 Å². The standard InChI is InChI=1S/C18H24BN3O2S/c1-17(2)18(3,4)24-19(23-17)14(12-20)11-13-5-7-15(8-6-13)22-10-9-21-16(22)25/h5-11H,12,20H2,1-4H3,(H,21,25). The number of aromatic nitrogens is 2. The van der Waals surface area contributed by atoms with E-state index in [0.717, 1.165) is 16.7 Å². The van der Waals surface area contributed by atoms with E-state index in [0.29, 0.717) is 11.3 Å². The summed E-state index contributed by atoms with van der Waals surface area (Å²) in [6.07, 6.45) is 5.76. The Morgan fingerprint density at radius 2 is 1.80 bits per heavy atom. The summed E-state index contributed by atoms with van der Waals surface area (Å²) in [4.78, 5) is 2.99. The van der Waals surface area contributed by atoms with Gasteiger partial charge in [0.05, 0.1) is 11.2 Å². The first-order chi connectivity index (χ1) is 11.7. The van der Waals surface area contributed by atoms with Gasteiger partial charge in [0.15, 0.2) is 4.77 Å². The molecular weight excluding hydrogens is 333 g/mol. The van der Waals surface area contributed by atoms with Crippen LogP contribution in [-0.2, 0) is 9.31 Å². The zero-order valence-electron chi connectivity index (χ0n) is 15.1. The fourth-order valence-corrected chi connectivity index (χ4v) is 2.92. The largest absolute Gasteiger partial charge is 0.491 e. The van der Waals surface area contributed by atoms with E-state index >= 15 is 0 Å². The third-order valence-electron chi connectivity index (χ3n) is 4.96. The lowest BCUT2D eigenvalue weighted by atomic mass is 9.77. The van der Waals surface area contributed by atoms with Crippen LogP contribution in [0.1, 0.15) is 33.3 Å². The highest BCUT2D eigenvalue weighted by molar-refractivity contribution is 7.71. The predicted octanol–water partition coefficient (Wildman–Crippen LogP) is 3.51. The van der Waals surface area contributed by atoms with Gasteiger partial charge in [-0.05, 0) is 63.1 Å². The lowest BCUT2D eigenvalue weighted by Crippen LogP contribution is -2.41. The van der Waals surface area contributed by atoms with Gasteiger partial charge < -0.3 is 20.0 Å². The Morgan fingerprint density at radius 3 is 2.28 bits per heavy atom. The SMILES string of the molecule is CC1(C)OB(C(=Cc2ccc(-n3cc[nH]c3=S)cc2)CN)OC1(C)C. The number of imidazole rings is 1. The van der Waals surface area contributed by atoms with Crippen molar-refractivity contribution in [3.8, 4) is 5.69 Å². The molecule has 5 nitrogen and oxygen atoms in total. The van der Waals surface area contributed by atoms with Gasteiger partial charge in [0.2, 0.25) is 0 Å². The van der Waals surface area contributed by atoms with Crippen LogP contribution in [0.4, 0.5) is 0 Å². The molecule has 0 amide bonds. The molecular formula is C18H24BN3O2S. The molecule has 2 heterocycles. The summed E-state index contributed by atoms with van der Waals surface area (Å²) in [6.45, 7) is 8.53. The molecule has 1 fully saturated rings. The normalized spacial score (nSPS) is 19.4. The van der Waals surface area contributed by atoms with Crippen molar-refractivity contribution in [3.05, 3.63) is 52.5 Å². The highest BCUT2D eigenvalue weighted by atomic mass is 32.1. The van der Waals surface area contributed by atoms with E-state index < -0.39 is 7.12 Å². The molecule has 0 radical (unpaired) electrons. The zero-order valence-corrected chi connectivity index (χ0v) is 15.9. The van der Waals surface area contributed by atoms with Gasteiger partial charge in [0, 0.05) is 24.6 Å². The Bertz CT molecular complexity index is 821. The van der Waals surface area contributed by atoms with Gasteiger partial charge >= 0.3 is 7.12 Å². The van der Waals surface area contributed by atoms with E-state index in [1.54, 1.807) is 0 Å². The second-order valence-corrected chi connectivity index (χ2v) is 7.63. The first kappa shape index (κ1) is 18.1.